The highest BCUT2D eigenvalue weighted by Crippen LogP contribution is 2.34. The highest BCUT2D eigenvalue weighted by molar-refractivity contribution is 6.53. The first-order valence-corrected chi connectivity index (χ1v) is 5.75. The van der Waals surface area contributed by atoms with Crippen molar-refractivity contribution in [2.24, 2.45) is 0 Å². The molecule has 2 aromatic heterocycles. The van der Waals surface area contributed by atoms with Crippen LogP contribution in [0.4, 0.5) is 0 Å². The van der Waals surface area contributed by atoms with Gasteiger partial charge < -0.3 is 0 Å². The van der Waals surface area contributed by atoms with E-state index >= 15 is 0 Å². The predicted molar refractivity (Wildman–Crippen MR) is 66.1 cm³/mol. The molecule has 0 radical (unpaired) electrons. The van der Waals surface area contributed by atoms with Crippen LogP contribution in [0.1, 0.15) is 20.7 Å². The third-order valence-electron chi connectivity index (χ3n) is 2.66. The summed E-state index contributed by atoms with van der Waals surface area (Å²) >= 11 is 11.6. The van der Waals surface area contributed by atoms with Crippen molar-refractivity contribution < 1.29 is 9.59 Å². The zero-order chi connectivity index (χ0) is 12.9. The number of carbonyl (C=O) groups excluding carboxylic acids is 2. The van der Waals surface area contributed by atoms with Crippen molar-refractivity contribution in [1.29, 1.82) is 0 Å². The van der Waals surface area contributed by atoms with Crippen molar-refractivity contribution in [2.75, 3.05) is 0 Å². The van der Waals surface area contributed by atoms with E-state index in [-0.39, 0.29) is 21.3 Å². The lowest BCUT2D eigenvalue weighted by atomic mass is 9.90. The van der Waals surface area contributed by atoms with Gasteiger partial charge in [-0.2, -0.15) is 0 Å². The first-order chi connectivity index (χ1) is 8.59. The van der Waals surface area contributed by atoms with Gasteiger partial charge in [-0.25, -0.2) is 4.98 Å². The predicted octanol–water partition coefficient (Wildman–Crippen LogP) is 2.83. The SMILES string of the molecule is O=C1C(=O)c2cc(Cl)c(Cl)nc2-c2ncccc21. The van der Waals surface area contributed by atoms with Gasteiger partial charge in [0.05, 0.1) is 16.1 Å². The van der Waals surface area contributed by atoms with Gasteiger partial charge in [0.2, 0.25) is 11.6 Å². The van der Waals surface area contributed by atoms with Crippen molar-refractivity contribution >= 4 is 34.8 Å². The Morgan fingerprint density at radius 2 is 1.72 bits per heavy atom. The molecule has 0 aromatic carbocycles. The van der Waals surface area contributed by atoms with E-state index in [1.807, 2.05) is 0 Å². The van der Waals surface area contributed by atoms with Crippen LogP contribution >= 0.6 is 23.2 Å². The Kier molecular flexibility index (Phi) is 2.43. The van der Waals surface area contributed by atoms with Crippen LogP contribution in [0, 0.1) is 0 Å². The van der Waals surface area contributed by atoms with Gasteiger partial charge in [0.25, 0.3) is 0 Å². The number of Topliss-reactive ketones (excluding diaryl/α,β-unsaturated/α-hetero) is 2. The second kappa shape index (κ2) is 3.86. The first kappa shape index (κ1) is 11.3. The van der Waals surface area contributed by atoms with Gasteiger partial charge >= 0.3 is 0 Å². The maximum absolute atomic E-state index is 11.9. The third kappa shape index (κ3) is 1.46. The average Bonchev–Trinajstić information content (AvgIpc) is 2.38. The standard InChI is InChI=1S/C12H4Cl2N2O2/c13-7-4-6-9(16-12(7)14)8-5(2-1-3-15-8)10(17)11(6)18/h1-4H. The lowest BCUT2D eigenvalue weighted by molar-refractivity contribution is 0.0814. The summed E-state index contributed by atoms with van der Waals surface area (Å²) in [5.74, 6) is -1.25. The Balaban J connectivity index is 2.41. The van der Waals surface area contributed by atoms with Gasteiger partial charge in [-0.1, -0.05) is 23.2 Å². The molecule has 0 saturated heterocycles. The number of carbonyl (C=O) groups is 2. The molecule has 88 valence electrons. The number of pyridine rings is 2. The highest BCUT2D eigenvalue weighted by atomic mass is 35.5. The highest BCUT2D eigenvalue weighted by Gasteiger charge is 2.33. The minimum atomic E-state index is -0.642. The fraction of sp³-hybridized carbons (Fsp3) is 0. The molecule has 4 nitrogen and oxygen atoms in total. The smallest absolute Gasteiger partial charge is 0.235 e. The van der Waals surface area contributed by atoms with Crippen LogP contribution in [0.5, 0.6) is 0 Å². The quantitative estimate of drug-likeness (QED) is 0.549. The van der Waals surface area contributed by atoms with E-state index in [4.69, 9.17) is 23.2 Å². The molecule has 0 amide bonds. The number of hydrogen-bond donors (Lipinski definition) is 0. The van der Waals surface area contributed by atoms with Crippen LogP contribution in [-0.2, 0) is 0 Å². The summed E-state index contributed by atoms with van der Waals surface area (Å²) in [5.41, 5.74) is 1.03. The maximum atomic E-state index is 11.9. The van der Waals surface area contributed by atoms with Crippen LogP contribution in [0.25, 0.3) is 11.4 Å². The second-order valence-electron chi connectivity index (χ2n) is 3.71. The molecular weight excluding hydrogens is 275 g/mol. The largest absolute Gasteiger partial charge is 0.285 e. The van der Waals surface area contributed by atoms with Crippen LogP contribution < -0.4 is 0 Å². The molecule has 1 aliphatic rings. The van der Waals surface area contributed by atoms with Crippen LogP contribution in [0.2, 0.25) is 10.2 Å². The Labute approximate surface area is 112 Å². The van der Waals surface area contributed by atoms with Gasteiger partial charge in [-0.05, 0) is 18.2 Å². The van der Waals surface area contributed by atoms with Gasteiger partial charge in [-0.15, -0.1) is 0 Å². The number of hydrogen-bond acceptors (Lipinski definition) is 4. The van der Waals surface area contributed by atoms with E-state index in [0.717, 1.165) is 0 Å². The first-order valence-electron chi connectivity index (χ1n) is 5.00. The van der Waals surface area contributed by atoms with Gasteiger partial charge in [-0.3, -0.25) is 14.6 Å². The fourth-order valence-corrected chi connectivity index (χ4v) is 2.13. The maximum Gasteiger partial charge on any atom is 0.235 e. The summed E-state index contributed by atoms with van der Waals surface area (Å²) < 4.78 is 0. The Hall–Kier alpha value is -1.78. The van der Waals surface area contributed by atoms with Crippen LogP contribution in [0.3, 0.4) is 0 Å². The molecule has 0 N–H and O–H groups in total. The molecule has 0 fully saturated rings. The minimum Gasteiger partial charge on any atom is -0.285 e. The monoisotopic (exact) mass is 278 g/mol. The summed E-state index contributed by atoms with van der Waals surface area (Å²) in [5, 5.41) is 0.213. The number of nitrogens with zero attached hydrogens (tertiary/aromatic N) is 2. The zero-order valence-electron chi connectivity index (χ0n) is 8.78. The molecule has 2 heterocycles. The Morgan fingerprint density at radius 3 is 2.50 bits per heavy atom. The van der Waals surface area contributed by atoms with Crippen molar-refractivity contribution in [3.63, 3.8) is 0 Å². The topological polar surface area (TPSA) is 59.9 Å². The third-order valence-corrected chi connectivity index (χ3v) is 3.33. The van der Waals surface area contributed by atoms with Crippen molar-refractivity contribution in [3.8, 4) is 11.4 Å². The molecular formula is C12H4Cl2N2O2. The molecule has 3 rings (SSSR count). The van der Waals surface area contributed by atoms with E-state index in [9.17, 15) is 9.59 Å². The molecule has 18 heavy (non-hydrogen) atoms. The molecule has 0 spiro atoms. The molecule has 1 aliphatic carbocycles. The van der Waals surface area contributed by atoms with Gasteiger partial charge in [0, 0.05) is 6.20 Å². The normalized spacial score (nSPS) is 13.2. The van der Waals surface area contributed by atoms with E-state index in [0.29, 0.717) is 11.4 Å². The molecule has 2 aromatic rings. The van der Waals surface area contributed by atoms with Gasteiger partial charge in [0.15, 0.2) is 0 Å². The van der Waals surface area contributed by atoms with E-state index < -0.39 is 11.6 Å². The van der Waals surface area contributed by atoms with Crippen molar-refractivity contribution in [1.82, 2.24) is 9.97 Å². The molecule has 0 saturated carbocycles. The van der Waals surface area contributed by atoms with E-state index in [1.54, 1.807) is 6.07 Å². The van der Waals surface area contributed by atoms with Gasteiger partial charge in [0.1, 0.15) is 16.5 Å². The molecule has 0 aliphatic heterocycles. The average molecular weight is 279 g/mol. The second-order valence-corrected chi connectivity index (χ2v) is 4.48. The summed E-state index contributed by atoms with van der Waals surface area (Å²) in [6.07, 6.45) is 1.52. The minimum absolute atomic E-state index is 0.0779. The summed E-state index contributed by atoms with van der Waals surface area (Å²) in [4.78, 5) is 31.9. The Bertz CT molecular complexity index is 713. The van der Waals surface area contributed by atoms with Crippen molar-refractivity contribution in [2.45, 2.75) is 0 Å². The zero-order valence-corrected chi connectivity index (χ0v) is 10.3. The number of ketones is 2. The van der Waals surface area contributed by atoms with Crippen LogP contribution in [0.15, 0.2) is 24.4 Å². The molecule has 0 unspecified atom stereocenters. The van der Waals surface area contributed by atoms with E-state index in [1.165, 1.54) is 18.3 Å². The summed E-state index contributed by atoms with van der Waals surface area (Å²) in [6.45, 7) is 0. The number of aromatic nitrogens is 2. The lowest BCUT2D eigenvalue weighted by Crippen LogP contribution is -2.22. The van der Waals surface area contributed by atoms with Crippen LogP contribution in [-0.4, -0.2) is 21.5 Å². The molecule has 0 bridgehead atoms. The Morgan fingerprint density at radius 1 is 1.00 bits per heavy atom. The number of halogens is 2. The summed E-state index contributed by atoms with van der Waals surface area (Å²) in [6, 6.07) is 4.48. The van der Waals surface area contributed by atoms with Crippen molar-refractivity contribution in [3.05, 3.63) is 45.7 Å². The lowest BCUT2D eigenvalue weighted by Gasteiger charge is -2.16. The number of fused-ring (bicyclic) bond motifs is 3. The van der Waals surface area contributed by atoms with E-state index in [2.05, 4.69) is 9.97 Å². The summed E-state index contributed by atoms with van der Waals surface area (Å²) in [7, 11) is 0. The molecule has 0 atom stereocenters. The molecule has 6 heteroatoms. The fourth-order valence-electron chi connectivity index (χ4n) is 1.84. The number of rotatable bonds is 0.